The number of nitrogens with one attached hydrogen (secondary N) is 1. The highest BCUT2D eigenvalue weighted by atomic mass is 32.1. The normalized spacial score (nSPS) is 15.5. The van der Waals surface area contributed by atoms with Crippen LogP contribution in [0.5, 0.6) is 0 Å². The Balaban J connectivity index is 1.98. The van der Waals surface area contributed by atoms with E-state index in [9.17, 15) is 4.79 Å². The number of anilines is 1. The van der Waals surface area contributed by atoms with Crippen molar-refractivity contribution >= 4 is 22.4 Å². The maximum absolute atomic E-state index is 11.1. The third-order valence-electron chi connectivity index (χ3n) is 2.18. The minimum atomic E-state index is 0.0353. The highest BCUT2D eigenvalue weighted by Gasteiger charge is 2.23. The van der Waals surface area contributed by atoms with Crippen molar-refractivity contribution in [3.8, 4) is 0 Å². The standard InChI is InChI=1S/C8H12N4OS/c1-10-7(13)4-12-2-5-6(3-12)14-8(9)11-5/h2-4H2,1H3,(H2,9,11)(H,10,13). The Morgan fingerprint density at radius 1 is 1.71 bits per heavy atom. The number of thiazole rings is 1. The lowest BCUT2D eigenvalue weighted by molar-refractivity contribution is -0.121. The molecule has 0 radical (unpaired) electrons. The Bertz CT molecular complexity index is 339. The second-order valence-corrected chi connectivity index (χ2v) is 4.36. The Morgan fingerprint density at radius 3 is 3.14 bits per heavy atom. The fourth-order valence-electron chi connectivity index (χ4n) is 1.52. The molecule has 0 aliphatic carbocycles. The Kier molecular flexibility index (Phi) is 2.39. The molecule has 1 aromatic rings. The summed E-state index contributed by atoms with van der Waals surface area (Å²) >= 11 is 1.51. The fourth-order valence-corrected chi connectivity index (χ4v) is 2.40. The minimum Gasteiger partial charge on any atom is -0.375 e. The number of carbonyl (C=O) groups is 1. The number of hydrogen-bond acceptors (Lipinski definition) is 5. The van der Waals surface area contributed by atoms with E-state index in [0.29, 0.717) is 11.7 Å². The molecule has 0 aromatic carbocycles. The average molecular weight is 212 g/mol. The van der Waals surface area contributed by atoms with Crippen LogP contribution >= 0.6 is 11.3 Å². The van der Waals surface area contributed by atoms with Crippen LogP contribution in [0.1, 0.15) is 10.6 Å². The molecule has 1 aliphatic rings. The first-order valence-electron chi connectivity index (χ1n) is 4.36. The van der Waals surface area contributed by atoms with E-state index < -0.39 is 0 Å². The van der Waals surface area contributed by atoms with Gasteiger partial charge in [-0.05, 0) is 0 Å². The number of fused-ring (bicyclic) bond motifs is 1. The zero-order chi connectivity index (χ0) is 10.1. The van der Waals surface area contributed by atoms with E-state index in [2.05, 4.69) is 10.3 Å². The lowest BCUT2D eigenvalue weighted by Crippen LogP contribution is -2.32. The number of aromatic nitrogens is 1. The molecule has 14 heavy (non-hydrogen) atoms. The van der Waals surface area contributed by atoms with Crippen molar-refractivity contribution in [3.63, 3.8) is 0 Å². The number of rotatable bonds is 2. The molecule has 2 rings (SSSR count). The first-order valence-corrected chi connectivity index (χ1v) is 5.17. The minimum absolute atomic E-state index is 0.0353. The molecule has 6 heteroatoms. The summed E-state index contributed by atoms with van der Waals surface area (Å²) in [6.07, 6.45) is 0. The molecule has 2 heterocycles. The first kappa shape index (κ1) is 9.42. The molecule has 0 saturated heterocycles. The van der Waals surface area contributed by atoms with Gasteiger partial charge in [-0.15, -0.1) is 11.3 Å². The summed E-state index contributed by atoms with van der Waals surface area (Å²) in [6.45, 7) is 1.95. The van der Waals surface area contributed by atoms with Gasteiger partial charge < -0.3 is 11.1 Å². The van der Waals surface area contributed by atoms with Crippen LogP contribution in [-0.2, 0) is 17.9 Å². The second kappa shape index (κ2) is 3.55. The smallest absolute Gasteiger partial charge is 0.233 e. The van der Waals surface area contributed by atoms with Crippen molar-refractivity contribution in [3.05, 3.63) is 10.6 Å². The molecule has 1 aliphatic heterocycles. The number of carbonyl (C=O) groups excluding carboxylic acids is 1. The molecule has 0 unspecified atom stereocenters. The van der Waals surface area contributed by atoms with E-state index in [0.717, 1.165) is 18.8 Å². The molecule has 0 fully saturated rings. The van der Waals surface area contributed by atoms with Gasteiger partial charge in [-0.25, -0.2) is 4.98 Å². The lowest BCUT2D eigenvalue weighted by Gasteiger charge is -2.12. The van der Waals surface area contributed by atoms with Gasteiger partial charge in [-0.3, -0.25) is 9.69 Å². The molecule has 1 amide bonds. The molecule has 3 N–H and O–H groups in total. The van der Waals surface area contributed by atoms with Gasteiger partial charge in [0, 0.05) is 25.0 Å². The van der Waals surface area contributed by atoms with Crippen molar-refractivity contribution in [2.75, 3.05) is 19.3 Å². The van der Waals surface area contributed by atoms with Crippen LogP contribution in [0.4, 0.5) is 5.13 Å². The van der Waals surface area contributed by atoms with Crippen LogP contribution in [0.25, 0.3) is 0 Å². The third-order valence-corrected chi connectivity index (χ3v) is 3.09. The monoisotopic (exact) mass is 212 g/mol. The summed E-state index contributed by atoms with van der Waals surface area (Å²) in [5.41, 5.74) is 6.60. The molecule has 76 valence electrons. The summed E-state index contributed by atoms with van der Waals surface area (Å²) in [6, 6.07) is 0. The van der Waals surface area contributed by atoms with Gasteiger partial charge in [-0.2, -0.15) is 0 Å². The number of nitrogen functional groups attached to an aromatic ring is 1. The van der Waals surface area contributed by atoms with Crippen LogP contribution in [0.15, 0.2) is 0 Å². The maximum atomic E-state index is 11.1. The predicted molar refractivity (Wildman–Crippen MR) is 54.7 cm³/mol. The zero-order valence-electron chi connectivity index (χ0n) is 7.91. The SMILES string of the molecule is CNC(=O)CN1Cc2nc(N)sc2C1. The molecule has 0 bridgehead atoms. The maximum Gasteiger partial charge on any atom is 0.233 e. The van der Waals surface area contributed by atoms with Crippen molar-refractivity contribution in [1.82, 2.24) is 15.2 Å². The van der Waals surface area contributed by atoms with E-state index in [1.165, 1.54) is 16.2 Å². The van der Waals surface area contributed by atoms with E-state index >= 15 is 0 Å². The summed E-state index contributed by atoms with van der Waals surface area (Å²) in [5, 5.41) is 3.22. The van der Waals surface area contributed by atoms with E-state index in [-0.39, 0.29) is 5.91 Å². The lowest BCUT2D eigenvalue weighted by atomic mass is 10.4. The van der Waals surface area contributed by atoms with Crippen LogP contribution in [-0.4, -0.2) is 29.4 Å². The first-order chi connectivity index (χ1) is 6.69. The molecule has 0 spiro atoms. The summed E-state index contributed by atoms with van der Waals surface area (Å²) in [7, 11) is 1.64. The van der Waals surface area contributed by atoms with Crippen LogP contribution < -0.4 is 11.1 Å². The van der Waals surface area contributed by atoms with Crippen LogP contribution in [0, 0.1) is 0 Å². The number of hydrogen-bond donors (Lipinski definition) is 2. The summed E-state index contributed by atoms with van der Waals surface area (Å²) in [4.78, 5) is 18.5. The van der Waals surface area contributed by atoms with E-state index in [1.54, 1.807) is 7.05 Å². The van der Waals surface area contributed by atoms with Gasteiger partial charge in [0.2, 0.25) is 5.91 Å². The highest BCUT2D eigenvalue weighted by Crippen LogP contribution is 2.28. The van der Waals surface area contributed by atoms with Gasteiger partial charge in [-0.1, -0.05) is 0 Å². The number of amides is 1. The molecule has 0 atom stereocenters. The highest BCUT2D eigenvalue weighted by molar-refractivity contribution is 7.15. The van der Waals surface area contributed by atoms with Crippen molar-refractivity contribution in [1.29, 1.82) is 0 Å². The molecular formula is C8H12N4OS. The predicted octanol–water partition coefficient (Wildman–Crippen LogP) is -0.213. The molecular weight excluding hydrogens is 200 g/mol. The summed E-state index contributed by atoms with van der Waals surface area (Å²) < 4.78 is 0. The van der Waals surface area contributed by atoms with Gasteiger partial charge >= 0.3 is 0 Å². The Hall–Kier alpha value is -1.14. The summed E-state index contributed by atoms with van der Waals surface area (Å²) in [5.74, 6) is 0.0353. The Morgan fingerprint density at radius 2 is 2.50 bits per heavy atom. The van der Waals surface area contributed by atoms with Crippen molar-refractivity contribution in [2.24, 2.45) is 0 Å². The van der Waals surface area contributed by atoms with Gasteiger partial charge in [0.05, 0.1) is 12.2 Å². The third kappa shape index (κ3) is 1.71. The van der Waals surface area contributed by atoms with Crippen LogP contribution in [0.2, 0.25) is 0 Å². The quantitative estimate of drug-likeness (QED) is 0.711. The van der Waals surface area contributed by atoms with Gasteiger partial charge in [0.25, 0.3) is 0 Å². The molecule has 5 nitrogen and oxygen atoms in total. The van der Waals surface area contributed by atoms with Gasteiger partial charge in [0.1, 0.15) is 0 Å². The number of nitrogens with zero attached hydrogens (tertiary/aromatic N) is 2. The van der Waals surface area contributed by atoms with Crippen LogP contribution in [0.3, 0.4) is 0 Å². The number of nitrogens with two attached hydrogens (primary N) is 1. The van der Waals surface area contributed by atoms with E-state index in [1.807, 2.05) is 4.90 Å². The zero-order valence-corrected chi connectivity index (χ0v) is 8.73. The van der Waals surface area contributed by atoms with Crippen molar-refractivity contribution < 1.29 is 4.79 Å². The topological polar surface area (TPSA) is 71.2 Å². The Labute approximate surface area is 85.9 Å². The molecule has 1 aromatic heterocycles. The van der Waals surface area contributed by atoms with Crippen molar-refractivity contribution in [2.45, 2.75) is 13.1 Å². The number of likely N-dealkylation sites (N-methyl/N-ethyl adjacent to an activating group) is 1. The largest absolute Gasteiger partial charge is 0.375 e. The molecule has 0 saturated carbocycles. The fraction of sp³-hybridized carbons (Fsp3) is 0.500. The second-order valence-electron chi connectivity index (χ2n) is 3.24. The van der Waals surface area contributed by atoms with E-state index in [4.69, 9.17) is 5.73 Å². The van der Waals surface area contributed by atoms with Gasteiger partial charge in [0.15, 0.2) is 5.13 Å². The average Bonchev–Trinajstić information content (AvgIpc) is 2.60.